The lowest BCUT2D eigenvalue weighted by Gasteiger charge is -2.08. The van der Waals surface area contributed by atoms with Gasteiger partial charge in [-0.05, 0) is 41.8 Å². The summed E-state index contributed by atoms with van der Waals surface area (Å²) in [5, 5.41) is 1.30. The molecule has 0 radical (unpaired) electrons. The Balaban J connectivity index is 1.83. The Hall–Kier alpha value is -1.71. The maximum atomic E-state index is 5.81. The number of nitrogens with one attached hydrogen (secondary N) is 1. The van der Waals surface area contributed by atoms with Crippen LogP contribution in [0.25, 0.3) is 10.9 Å². The van der Waals surface area contributed by atoms with Crippen molar-refractivity contribution in [3.8, 4) is 0 Å². The van der Waals surface area contributed by atoms with Crippen molar-refractivity contribution in [2.45, 2.75) is 23.5 Å². The Morgan fingerprint density at radius 3 is 2.71 bits per heavy atom. The van der Waals surface area contributed by atoms with Crippen molar-refractivity contribution < 1.29 is 0 Å². The van der Waals surface area contributed by atoms with E-state index in [1.165, 1.54) is 26.9 Å². The van der Waals surface area contributed by atoms with E-state index in [0.717, 1.165) is 5.75 Å². The van der Waals surface area contributed by atoms with Crippen LogP contribution >= 0.6 is 11.8 Å². The summed E-state index contributed by atoms with van der Waals surface area (Å²) in [5.74, 6) is 1.38. The molecule has 0 amide bonds. The second-order valence-electron chi connectivity index (χ2n) is 5.36. The van der Waals surface area contributed by atoms with Crippen molar-refractivity contribution in [1.82, 2.24) is 4.98 Å². The van der Waals surface area contributed by atoms with Crippen LogP contribution < -0.4 is 5.73 Å². The molecular weight excluding hydrogens is 276 g/mol. The molecule has 2 nitrogen and oxygen atoms in total. The minimum absolute atomic E-state index is 0.383. The lowest BCUT2D eigenvalue weighted by atomic mass is 10.0. The zero-order valence-corrected chi connectivity index (χ0v) is 13.0. The number of hydrogen-bond donors (Lipinski definition) is 2. The van der Waals surface area contributed by atoms with Crippen LogP contribution in [0.3, 0.4) is 0 Å². The molecule has 1 unspecified atom stereocenters. The molecule has 0 saturated carbocycles. The zero-order valence-electron chi connectivity index (χ0n) is 12.2. The Morgan fingerprint density at radius 1 is 1.14 bits per heavy atom. The predicted molar refractivity (Wildman–Crippen MR) is 91.8 cm³/mol. The minimum Gasteiger partial charge on any atom is -0.361 e. The van der Waals surface area contributed by atoms with Crippen molar-refractivity contribution in [3.05, 3.63) is 65.9 Å². The van der Waals surface area contributed by atoms with Gasteiger partial charge in [0.1, 0.15) is 0 Å². The predicted octanol–water partition coefficient (Wildman–Crippen LogP) is 4.52. The summed E-state index contributed by atoms with van der Waals surface area (Å²) < 4.78 is 0. The molecule has 0 aliphatic carbocycles. The topological polar surface area (TPSA) is 41.8 Å². The first-order valence-electron chi connectivity index (χ1n) is 7.25. The first-order valence-corrected chi connectivity index (χ1v) is 8.24. The van der Waals surface area contributed by atoms with Gasteiger partial charge in [-0.2, -0.15) is 0 Å². The molecule has 3 rings (SSSR count). The average molecular weight is 296 g/mol. The molecule has 0 aliphatic rings. The lowest BCUT2D eigenvalue weighted by Crippen LogP contribution is -2.08. The fourth-order valence-electron chi connectivity index (χ4n) is 2.49. The van der Waals surface area contributed by atoms with Gasteiger partial charge in [0.05, 0.1) is 0 Å². The van der Waals surface area contributed by atoms with Crippen molar-refractivity contribution in [2.75, 3.05) is 6.54 Å². The van der Waals surface area contributed by atoms with Crippen LogP contribution in [0, 0.1) is 0 Å². The zero-order chi connectivity index (χ0) is 14.7. The van der Waals surface area contributed by atoms with Crippen molar-refractivity contribution in [1.29, 1.82) is 0 Å². The van der Waals surface area contributed by atoms with Gasteiger partial charge in [0.25, 0.3) is 0 Å². The van der Waals surface area contributed by atoms with Crippen LogP contribution in [0.4, 0.5) is 0 Å². The summed E-state index contributed by atoms with van der Waals surface area (Å²) in [4.78, 5) is 4.64. The molecule has 3 aromatic rings. The van der Waals surface area contributed by atoms with Crippen LogP contribution in [0.2, 0.25) is 0 Å². The number of nitrogens with two attached hydrogens (primary N) is 1. The second kappa shape index (κ2) is 6.37. The molecule has 1 aromatic heterocycles. The van der Waals surface area contributed by atoms with Crippen LogP contribution in [0.15, 0.2) is 59.6 Å². The normalized spacial score (nSPS) is 12.7. The number of benzene rings is 2. The van der Waals surface area contributed by atoms with Crippen molar-refractivity contribution in [2.24, 2.45) is 5.73 Å². The maximum Gasteiger partial charge on any atom is 0.0457 e. The average Bonchev–Trinajstić information content (AvgIpc) is 2.96. The highest BCUT2D eigenvalue weighted by molar-refractivity contribution is 7.98. The largest absolute Gasteiger partial charge is 0.361 e. The number of aromatic amines is 1. The number of rotatable bonds is 5. The summed E-state index contributed by atoms with van der Waals surface area (Å²) in [5.41, 5.74) is 9.67. The highest BCUT2D eigenvalue weighted by Crippen LogP contribution is 2.30. The molecule has 3 N–H and O–H groups in total. The highest BCUT2D eigenvalue weighted by atomic mass is 32.2. The van der Waals surface area contributed by atoms with Crippen LogP contribution in [0.5, 0.6) is 0 Å². The summed E-state index contributed by atoms with van der Waals surface area (Å²) in [6, 6.07) is 17.2. The summed E-state index contributed by atoms with van der Waals surface area (Å²) >= 11 is 1.87. The third-order valence-corrected chi connectivity index (χ3v) is 4.88. The highest BCUT2D eigenvalue weighted by Gasteiger charge is 2.10. The molecule has 3 heteroatoms. The van der Waals surface area contributed by atoms with E-state index in [9.17, 15) is 0 Å². The van der Waals surface area contributed by atoms with E-state index >= 15 is 0 Å². The Morgan fingerprint density at radius 2 is 1.95 bits per heavy atom. The molecule has 0 bridgehead atoms. The number of H-pyrrole nitrogens is 1. The summed E-state index contributed by atoms with van der Waals surface area (Å²) in [7, 11) is 0. The molecule has 0 saturated heterocycles. The van der Waals surface area contributed by atoms with E-state index in [4.69, 9.17) is 5.73 Å². The van der Waals surface area contributed by atoms with Gasteiger partial charge in [-0.1, -0.05) is 37.3 Å². The van der Waals surface area contributed by atoms with Gasteiger partial charge in [0.2, 0.25) is 0 Å². The SMILES string of the molecule is CC(CN)c1c[nH]c2ccc(SCc3ccccc3)cc12. The van der Waals surface area contributed by atoms with Gasteiger partial charge in [0, 0.05) is 27.7 Å². The summed E-state index contributed by atoms with van der Waals surface area (Å²) in [6.45, 7) is 2.85. The van der Waals surface area contributed by atoms with Crippen molar-refractivity contribution in [3.63, 3.8) is 0 Å². The third-order valence-electron chi connectivity index (χ3n) is 3.82. The standard InChI is InChI=1S/C18H20N2S/c1-13(10-19)17-11-20-18-8-7-15(9-16(17)18)21-12-14-5-3-2-4-6-14/h2-9,11,13,20H,10,12,19H2,1H3. The molecule has 108 valence electrons. The van der Waals surface area contributed by atoms with Crippen LogP contribution in [0.1, 0.15) is 24.0 Å². The second-order valence-corrected chi connectivity index (χ2v) is 6.41. The Kier molecular flexibility index (Phi) is 4.32. The molecular formula is C18H20N2S. The van der Waals surface area contributed by atoms with Crippen LogP contribution in [-0.4, -0.2) is 11.5 Å². The van der Waals surface area contributed by atoms with Crippen LogP contribution in [-0.2, 0) is 5.75 Å². The first-order chi connectivity index (χ1) is 10.3. The molecule has 1 atom stereocenters. The van der Waals surface area contributed by atoms with Gasteiger partial charge in [-0.15, -0.1) is 11.8 Å². The van der Waals surface area contributed by atoms with Gasteiger partial charge >= 0.3 is 0 Å². The monoisotopic (exact) mass is 296 g/mol. The van der Waals surface area contributed by atoms with Gasteiger partial charge in [0.15, 0.2) is 0 Å². The number of fused-ring (bicyclic) bond motifs is 1. The molecule has 21 heavy (non-hydrogen) atoms. The number of hydrogen-bond acceptors (Lipinski definition) is 2. The Labute approximate surface area is 129 Å². The maximum absolute atomic E-state index is 5.81. The van der Waals surface area contributed by atoms with E-state index in [0.29, 0.717) is 12.5 Å². The van der Waals surface area contributed by atoms with E-state index in [1.807, 2.05) is 11.8 Å². The minimum atomic E-state index is 0.383. The van der Waals surface area contributed by atoms with E-state index in [2.05, 4.69) is 66.6 Å². The quantitative estimate of drug-likeness (QED) is 0.680. The Bertz CT molecular complexity index is 718. The number of thioether (sulfide) groups is 1. The third kappa shape index (κ3) is 3.14. The van der Waals surface area contributed by atoms with E-state index < -0.39 is 0 Å². The van der Waals surface area contributed by atoms with Gasteiger partial charge in [-0.3, -0.25) is 0 Å². The van der Waals surface area contributed by atoms with E-state index in [-0.39, 0.29) is 0 Å². The molecule has 0 aliphatic heterocycles. The molecule has 0 spiro atoms. The molecule has 0 fully saturated rings. The smallest absolute Gasteiger partial charge is 0.0457 e. The van der Waals surface area contributed by atoms with Gasteiger partial charge < -0.3 is 10.7 Å². The molecule has 1 heterocycles. The van der Waals surface area contributed by atoms with Gasteiger partial charge in [-0.25, -0.2) is 0 Å². The first kappa shape index (κ1) is 14.2. The fourth-order valence-corrected chi connectivity index (χ4v) is 3.38. The van der Waals surface area contributed by atoms with E-state index in [1.54, 1.807) is 0 Å². The lowest BCUT2D eigenvalue weighted by molar-refractivity contribution is 0.780. The summed E-state index contributed by atoms with van der Waals surface area (Å²) in [6.07, 6.45) is 2.09. The fraction of sp³-hybridized carbons (Fsp3) is 0.222. The molecule has 2 aromatic carbocycles. The number of aromatic nitrogens is 1. The van der Waals surface area contributed by atoms with Crippen molar-refractivity contribution >= 4 is 22.7 Å².